The van der Waals surface area contributed by atoms with Crippen molar-refractivity contribution in [3.63, 3.8) is 0 Å². The molecular formula is C36H28Br2N2O10S. The van der Waals surface area contributed by atoms with Gasteiger partial charge in [0.2, 0.25) is 11.8 Å². The van der Waals surface area contributed by atoms with Crippen molar-refractivity contribution in [3.8, 4) is 23.0 Å². The number of phenolic OH excluding ortho intramolecular Hbond substituents is 2. The molecule has 0 spiro atoms. The molecule has 0 aliphatic carbocycles. The molecule has 1 aromatic heterocycles. The number of ether oxygens (including phenoxy) is 4. The van der Waals surface area contributed by atoms with Crippen LogP contribution < -0.4 is 20.1 Å². The van der Waals surface area contributed by atoms with Crippen molar-refractivity contribution in [2.75, 3.05) is 39.1 Å². The van der Waals surface area contributed by atoms with Crippen molar-refractivity contribution in [1.82, 2.24) is 0 Å². The number of esters is 2. The number of phenols is 2. The van der Waals surface area contributed by atoms with Crippen LogP contribution in [0.5, 0.6) is 23.0 Å². The molecule has 12 nitrogen and oxygen atoms in total. The zero-order valence-corrected chi connectivity index (χ0v) is 31.2. The maximum Gasteiger partial charge on any atom is 0.339 e. The van der Waals surface area contributed by atoms with E-state index in [9.17, 15) is 29.4 Å². The third-order valence-corrected chi connectivity index (χ3v) is 9.80. The quantitative estimate of drug-likeness (QED) is 0.0802. The van der Waals surface area contributed by atoms with Gasteiger partial charge in [-0.25, -0.2) is 9.59 Å². The van der Waals surface area contributed by atoms with E-state index in [0.717, 1.165) is 0 Å². The number of aromatic hydroxyl groups is 2. The smallest absolute Gasteiger partial charge is 0.339 e. The first-order valence-electron chi connectivity index (χ1n) is 14.7. The standard InChI is InChI=1S/C36H28Br2N2O10S/c1-47-27-11-17(9-23(37)33(27)43)5-7-31(41)39-25-15-29-19(13-21(25)35(45)49-3)20-14-22(36(46)50-4)26(16-30(20)51-29)40-32(42)8-6-18-10-24(38)34(44)28(12-18)48-2/h5-16,43-44H,1-4H3,(H,39,41)(H,40,42). The van der Waals surface area contributed by atoms with Gasteiger partial charge in [-0.1, -0.05) is 0 Å². The molecule has 15 heteroatoms. The Morgan fingerprint density at radius 2 is 1.02 bits per heavy atom. The molecule has 0 aliphatic heterocycles. The van der Waals surface area contributed by atoms with E-state index < -0.39 is 23.8 Å². The first-order valence-corrected chi connectivity index (χ1v) is 17.1. The number of anilines is 2. The fourth-order valence-electron chi connectivity index (χ4n) is 5.02. The van der Waals surface area contributed by atoms with Crippen LogP contribution in [-0.4, -0.2) is 62.4 Å². The van der Waals surface area contributed by atoms with Crippen LogP contribution in [0.25, 0.3) is 32.3 Å². The molecule has 0 atom stereocenters. The molecule has 0 fully saturated rings. The van der Waals surface area contributed by atoms with Crippen molar-refractivity contribution in [1.29, 1.82) is 0 Å². The van der Waals surface area contributed by atoms with Gasteiger partial charge in [-0.3, -0.25) is 9.59 Å². The van der Waals surface area contributed by atoms with Gasteiger partial charge in [0, 0.05) is 32.3 Å². The zero-order chi connectivity index (χ0) is 37.0. The highest BCUT2D eigenvalue weighted by atomic mass is 79.9. The second kappa shape index (κ2) is 15.7. The predicted octanol–water partition coefficient (Wildman–Crippen LogP) is 7.88. The van der Waals surface area contributed by atoms with Gasteiger partial charge in [-0.15, -0.1) is 11.3 Å². The summed E-state index contributed by atoms with van der Waals surface area (Å²) in [4.78, 5) is 51.8. The molecule has 5 aromatic rings. The number of thiophene rings is 1. The summed E-state index contributed by atoms with van der Waals surface area (Å²) < 4.78 is 22.4. The van der Waals surface area contributed by atoms with Crippen molar-refractivity contribution >= 4 is 111 Å². The number of nitrogens with one attached hydrogen (secondary N) is 2. The Kier molecular flexibility index (Phi) is 11.3. The highest BCUT2D eigenvalue weighted by Gasteiger charge is 2.21. The molecule has 0 saturated carbocycles. The van der Waals surface area contributed by atoms with Crippen LogP contribution in [0.4, 0.5) is 11.4 Å². The SMILES string of the molecule is COC(=O)c1cc2c(cc1NC(=O)C=Cc1cc(Br)c(O)c(OC)c1)sc1cc(NC(=O)C=Cc3cc(Br)c(O)c(OC)c3)c(C(=O)OC)cc12. The van der Waals surface area contributed by atoms with Gasteiger partial charge < -0.3 is 39.8 Å². The van der Waals surface area contributed by atoms with Gasteiger partial charge in [0.05, 0.1) is 59.9 Å². The number of amides is 2. The fourth-order valence-corrected chi connectivity index (χ4v) is 7.08. The number of hydrogen-bond donors (Lipinski definition) is 4. The predicted molar refractivity (Wildman–Crippen MR) is 202 cm³/mol. The first kappa shape index (κ1) is 36.9. The van der Waals surface area contributed by atoms with Crippen LogP contribution in [0.1, 0.15) is 31.8 Å². The lowest BCUT2D eigenvalue weighted by atomic mass is 10.0. The third kappa shape index (κ3) is 8.01. The molecule has 0 unspecified atom stereocenters. The molecule has 0 radical (unpaired) electrons. The van der Waals surface area contributed by atoms with Crippen LogP contribution in [-0.2, 0) is 19.1 Å². The van der Waals surface area contributed by atoms with Gasteiger partial charge in [0.15, 0.2) is 23.0 Å². The van der Waals surface area contributed by atoms with Crippen molar-refractivity contribution in [3.05, 3.63) is 91.9 Å². The Morgan fingerprint density at radius 1 is 0.627 bits per heavy atom. The number of rotatable bonds is 10. The van der Waals surface area contributed by atoms with E-state index in [-0.39, 0.29) is 45.5 Å². The Morgan fingerprint density at radius 3 is 1.37 bits per heavy atom. The molecule has 1 heterocycles. The van der Waals surface area contributed by atoms with E-state index >= 15 is 0 Å². The lowest BCUT2D eigenvalue weighted by Gasteiger charge is -2.10. The second-order valence-corrected chi connectivity index (χ2v) is 13.4. The summed E-state index contributed by atoms with van der Waals surface area (Å²) in [5.41, 5.74) is 1.63. The van der Waals surface area contributed by atoms with E-state index in [4.69, 9.17) is 18.9 Å². The minimum Gasteiger partial charge on any atom is -0.503 e. The van der Waals surface area contributed by atoms with Crippen molar-refractivity contribution < 1.29 is 48.3 Å². The number of benzene rings is 4. The summed E-state index contributed by atoms with van der Waals surface area (Å²) in [6.07, 6.45) is 5.55. The number of carbonyl (C=O) groups excluding carboxylic acids is 4. The van der Waals surface area contributed by atoms with E-state index in [1.165, 1.54) is 64.1 Å². The minimum absolute atomic E-state index is 0.0696. The number of fused-ring (bicyclic) bond motifs is 3. The summed E-state index contributed by atoms with van der Waals surface area (Å²) in [6.45, 7) is 0. The van der Waals surface area contributed by atoms with Gasteiger partial charge in [-0.2, -0.15) is 0 Å². The van der Waals surface area contributed by atoms with Gasteiger partial charge in [0.25, 0.3) is 0 Å². The van der Waals surface area contributed by atoms with Gasteiger partial charge in [-0.05, 0) is 104 Å². The highest BCUT2D eigenvalue weighted by Crippen LogP contribution is 2.41. The largest absolute Gasteiger partial charge is 0.503 e. The third-order valence-electron chi connectivity index (χ3n) is 7.47. The summed E-state index contributed by atoms with van der Waals surface area (Å²) in [7, 11) is 5.25. The molecule has 0 saturated heterocycles. The lowest BCUT2D eigenvalue weighted by molar-refractivity contribution is -0.112. The van der Waals surface area contributed by atoms with E-state index in [1.807, 2.05) is 0 Å². The van der Waals surface area contributed by atoms with Gasteiger partial charge in [0.1, 0.15) is 0 Å². The Labute approximate surface area is 311 Å². The molecule has 51 heavy (non-hydrogen) atoms. The average Bonchev–Trinajstić information content (AvgIpc) is 3.46. The molecule has 4 N–H and O–H groups in total. The zero-order valence-electron chi connectivity index (χ0n) is 27.3. The summed E-state index contributed by atoms with van der Waals surface area (Å²) in [5, 5.41) is 26.8. The van der Waals surface area contributed by atoms with Gasteiger partial charge >= 0.3 is 11.9 Å². The van der Waals surface area contributed by atoms with E-state index in [1.54, 1.807) is 48.5 Å². The molecular weight excluding hydrogens is 812 g/mol. The summed E-state index contributed by atoms with van der Waals surface area (Å²) >= 11 is 7.81. The van der Waals surface area contributed by atoms with Crippen LogP contribution in [0.3, 0.4) is 0 Å². The summed E-state index contributed by atoms with van der Waals surface area (Å²) in [5.74, 6) is -2.24. The molecule has 2 amide bonds. The number of carbonyl (C=O) groups is 4. The summed E-state index contributed by atoms with van der Waals surface area (Å²) in [6, 6.07) is 12.7. The van der Waals surface area contributed by atoms with Crippen LogP contribution in [0, 0.1) is 0 Å². The molecule has 0 aliphatic rings. The Balaban J connectivity index is 1.49. The van der Waals surface area contributed by atoms with Crippen molar-refractivity contribution in [2.45, 2.75) is 0 Å². The molecule has 262 valence electrons. The second-order valence-electron chi connectivity index (χ2n) is 10.6. The highest BCUT2D eigenvalue weighted by molar-refractivity contribution is 9.11. The number of halogens is 2. The lowest BCUT2D eigenvalue weighted by Crippen LogP contribution is -2.13. The maximum atomic E-state index is 13.0. The van der Waals surface area contributed by atoms with Crippen LogP contribution in [0.2, 0.25) is 0 Å². The van der Waals surface area contributed by atoms with Crippen LogP contribution in [0.15, 0.2) is 69.6 Å². The maximum absolute atomic E-state index is 13.0. The van der Waals surface area contributed by atoms with E-state index in [2.05, 4.69) is 42.5 Å². The van der Waals surface area contributed by atoms with Crippen molar-refractivity contribution in [2.24, 2.45) is 0 Å². The topological polar surface area (TPSA) is 170 Å². The van der Waals surface area contributed by atoms with Crippen LogP contribution >= 0.6 is 43.2 Å². The Hall–Kier alpha value is -5.38. The number of methoxy groups -OCH3 is 4. The van der Waals surface area contributed by atoms with E-state index in [0.29, 0.717) is 40.2 Å². The first-order chi connectivity index (χ1) is 24.4. The number of hydrogen-bond acceptors (Lipinski definition) is 11. The molecule has 5 rings (SSSR count). The monoisotopic (exact) mass is 838 g/mol. The average molecular weight is 840 g/mol. The molecule has 0 bridgehead atoms. The fraction of sp³-hybridized carbons (Fsp3) is 0.111. The normalized spacial score (nSPS) is 11.3. The minimum atomic E-state index is -0.704. The Bertz CT molecular complexity index is 2140. The molecule has 4 aromatic carbocycles.